The lowest BCUT2D eigenvalue weighted by Gasteiger charge is -2.48. The molecule has 2 aliphatic rings. The minimum absolute atomic E-state index is 0.0376. The quantitative estimate of drug-likeness (QED) is 0.844. The summed E-state index contributed by atoms with van der Waals surface area (Å²) < 4.78 is 33.5. The molecule has 3 rings (SSSR count). The number of hydrogen-bond donors (Lipinski definition) is 1. The minimum atomic E-state index is -3.68. The highest BCUT2D eigenvalue weighted by atomic mass is 32.2. The van der Waals surface area contributed by atoms with E-state index in [-0.39, 0.29) is 16.3 Å². The number of carbonyl (C=O) groups excluding carboxylic acids is 1. The van der Waals surface area contributed by atoms with Crippen LogP contribution in [0.25, 0.3) is 0 Å². The largest absolute Gasteiger partial charge is 0.495 e. The van der Waals surface area contributed by atoms with Crippen LogP contribution in [0.5, 0.6) is 5.75 Å². The first kappa shape index (κ1) is 19.1. The van der Waals surface area contributed by atoms with Gasteiger partial charge in [0.05, 0.1) is 7.11 Å². The van der Waals surface area contributed by atoms with Crippen LogP contribution in [0.15, 0.2) is 23.1 Å². The summed E-state index contributed by atoms with van der Waals surface area (Å²) in [5.41, 5.74) is 0.555. The van der Waals surface area contributed by atoms with Gasteiger partial charge in [0.25, 0.3) is 0 Å². The summed E-state index contributed by atoms with van der Waals surface area (Å²) >= 11 is 0. The molecule has 2 aliphatic heterocycles. The zero-order valence-corrected chi connectivity index (χ0v) is 16.4. The Kier molecular flexibility index (Phi) is 5.28. The Labute approximate surface area is 155 Å². The number of piperazine rings is 1. The zero-order valence-electron chi connectivity index (χ0n) is 15.6. The topological polar surface area (TPSA) is 79.0 Å². The molecule has 1 aromatic carbocycles. The van der Waals surface area contributed by atoms with Gasteiger partial charge in [0.2, 0.25) is 15.9 Å². The second-order valence-corrected chi connectivity index (χ2v) is 9.15. The maximum Gasteiger partial charge on any atom is 0.246 e. The van der Waals surface area contributed by atoms with Crippen LogP contribution < -0.4 is 10.1 Å². The van der Waals surface area contributed by atoms with E-state index in [1.54, 1.807) is 16.4 Å². The van der Waals surface area contributed by atoms with Gasteiger partial charge in [0.15, 0.2) is 0 Å². The highest BCUT2D eigenvalue weighted by molar-refractivity contribution is 7.89. The lowest BCUT2D eigenvalue weighted by molar-refractivity contribution is -0.121. The number of rotatable bonds is 3. The number of likely N-dealkylation sites (N-methyl/N-ethyl adjacent to an activating group) is 1. The van der Waals surface area contributed by atoms with Crippen LogP contribution in [0.1, 0.15) is 24.8 Å². The summed E-state index contributed by atoms with van der Waals surface area (Å²) in [5.74, 6) is 0.400. The van der Waals surface area contributed by atoms with Gasteiger partial charge in [0, 0.05) is 38.1 Å². The fraction of sp³-hybridized carbons (Fsp3) is 0.611. The summed E-state index contributed by atoms with van der Waals surface area (Å²) in [6.45, 7) is 3.90. The zero-order chi connectivity index (χ0) is 18.9. The van der Waals surface area contributed by atoms with Gasteiger partial charge in [0.1, 0.15) is 10.6 Å². The van der Waals surface area contributed by atoms with Crippen molar-refractivity contribution >= 4 is 15.9 Å². The van der Waals surface area contributed by atoms with E-state index in [1.165, 1.54) is 7.11 Å². The molecule has 0 bridgehead atoms. The number of hydrogen-bond acceptors (Lipinski definition) is 5. The number of ether oxygens (including phenoxy) is 1. The van der Waals surface area contributed by atoms with Gasteiger partial charge in [-0.1, -0.05) is 6.07 Å². The molecule has 7 nitrogen and oxygen atoms in total. The van der Waals surface area contributed by atoms with Crippen LogP contribution in [-0.2, 0) is 14.8 Å². The summed E-state index contributed by atoms with van der Waals surface area (Å²) in [6.07, 6.45) is 1.82. The monoisotopic (exact) mass is 381 g/mol. The fourth-order valence-electron chi connectivity index (χ4n) is 3.89. The normalized spacial score (nSPS) is 25.7. The van der Waals surface area contributed by atoms with Crippen LogP contribution >= 0.6 is 0 Å². The van der Waals surface area contributed by atoms with Crippen molar-refractivity contribution in [1.29, 1.82) is 0 Å². The molecule has 144 valence electrons. The van der Waals surface area contributed by atoms with Crippen molar-refractivity contribution in [3.8, 4) is 5.75 Å². The maximum atomic E-state index is 13.3. The van der Waals surface area contributed by atoms with Crippen LogP contribution in [0, 0.1) is 6.92 Å². The highest BCUT2D eigenvalue weighted by Gasteiger charge is 2.44. The number of sulfonamides is 1. The Hall–Kier alpha value is -1.64. The molecular weight excluding hydrogens is 354 g/mol. The molecule has 0 unspecified atom stereocenters. The summed E-state index contributed by atoms with van der Waals surface area (Å²) in [6, 6.07) is 5.20. The molecule has 0 saturated carbocycles. The van der Waals surface area contributed by atoms with Gasteiger partial charge < -0.3 is 10.1 Å². The van der Waals surface area contributed by atoms with Crippen molar-refractivity contribution in [2.45, 2.75) is 36.6 Å². The van der Waals surface area contributed by atoms with E-state index in [1.807, 2.05) is 20.0 Å². The van der Waals surface area contributed by atoms with Gasteiger partial charge in [-0.15, -0.1) is 0 Å². The standard InChI is InChI=1S/C18H27N3O4S/c1-14-4-5-15(25-3)16(12-14)26(23,24)21-11-10-20(2)18(13-21)7-6-17(22)19-9-8-18/h4-5,12H,6-11,13H2,1-3H3,(H,19,22)/t18-/m0/s1. The van der Waals surface area contributed by atoms with Gasteiger partial charge >= 0.3 is 0 Å². The second kappa shape index (κ2) is 7.17. The Morgan fingerprint density at radius 2 is 2.00 bits per heavy atom. The Morgan fingerprint density at radius 3 is 2.73 bits per heavy atom. The lowest BCUT2D eigenvalue weighted by Crippen LogP contribution is -2.62. The van der Waals surface area contributed by atoms with Crippen LogP contribution in [-0.4, -0.2) is 69.4 Å². The van der Waals surface area contributed by atoms with Gasteiger partial charge in [-0.3, -0.25) is 9.69 Å². The molecule has 0 radical (unpaired) electrons. The first-order valence-corrected chi connectivity index (χ1v) is 10.4. The third-order valence-electron chi connectivity index (χ3n) is 5.63. The summed E-state index contributed by atoms with van der Waals surface area (Å²) in [7, 11) is -0.170. The van der Waals surface area contributed by atoms with Crippen LogP contribution in [0.4, 0.5) is 0 Å². The Morgan fingerprint density at radius 1 is 1.23 bits per heavy atom. The molecular formula is C18H27N3O4S. The predicted octanol–water partition coefficient (Wildman–Crippen LogP) is 0.979. The molecule has 8 heteroatoms. The molecule has 0 aromatic heterocycles. The number of amides is 1. The van der Waals surface area contributed by atoms with Gasteiger partial charge in [-0.05, 0) is 44.5 Å². The summed E-state index contributed by atoms with van der Waals surface area (Å²) in [4.78, 5) is 14.2. The number of benzene rings is 1. The van der Waals surface area contributed by atoms with Crippen molar-refractivity contribution in [2.75, 3.05) is 40.3 Å². The number of aryl methyl sites for hydroxylation is 1. The maximum absolute atomic E-state index is 13.3. The third kappa shape index (κ3) is 3.45. The molecule has 2 saturated heterocycles. The van der Waals surface area contributed by atoms with Crippen LogP contribution in [0.3, 0.4) is 0 Å². The molecule has 2 heterocycles. The smallest absolute Gasteiger partial charge is 0.246 e. The van der Waals surface area contributed by atoms with E-state index >= 15 is 0 Å². The molecule has 1 atom stereocenters. The second-order valence-electron chi connectivity index (χ2n) is 7.24. The Bertz CT molecular complexity index is 796. The van der Waals surface area contributed by atoms with Crippen molar-refractivity contribution in [3.05, 3.63) is 23.8 Å². The van der Waals surface area contributed by atoms with Crippen molar-refractivity contribution in [1.82, 2.24) is 14.5 Å². The van der Waals surface area contributed by atoms with Crippen LogP contribution in [0.2, 0.25) is 0 Å². The first-order valence-electron chi connectivity index (χ1n) is 8.91. The lowest BCUT2D eigenvalue weighted by atomic mass is 9.87. The molecule has 1 spiro atoms. The molecule has 26 heavy (non-hydrogen) atoms. The molecule has 2 fully saturated rings. The Balaban J connectivity index is 1.94. The fourth-order valence-corrected chi connectivity index (χ4v) is 5.64. The summed E-state index contributed by atoms with van der Waals surface area (Å²) in [5, 5.41) is 2.89. The molecule has 1 amide bonds. The van der Waals surface area contributed by atoms with Gasteiger partial charge in [-0.25, -0.2) is 8.42 Å². The van der Waals surface area contributed by atoms with E-state index in [0.29, 0.717) is 44.8 Å². The van der Waals surface area contributed by atoms with Crippen molar-refractivity contribution < 1.29 is 17.9 Å². The van der Waals surface area contributed by atoms with E-state index < -0.39 is 10.0 Å². The van der Waals surface area contributed by atoms with Gasteiger partial charge in [-0.2, -0.15) is 4.31 Å². The highest BCUT2D eigenvalue weighted by Crippen LogP contribution is 2.35. The van der Waals surface area contributed by atoms with E-state index in [0.717, 1.165) is 12.0 Å². The minimum Gasteiger partial charge on any atom is -0.495 e. The molecule has 1 N–H and O–H groups in total. The van der Waals surface area contributed by atoms with E-state index in [2.05, 4.69) is 10.2 Å². The number of nitrogens with zero attached hydrogens (tertiary/aromatic N) is 2. The van der Waals surface area contributed by atoms with Crippen molar-refractivity contribution in [3.63, 3.8) is 0 Å². The first-order chi connectivity index (χ1) is 12.3. The average molecular weight is 381 g/mol. The van der Waals surface area contributed by atoms with Crippen molar-refractivity contribution in [2.24, 2.45) is 0 Å². The van der Waals surface area contributed by atoms with E-state index in [4.69, 9.17) is 4.74 Å². The molecule has 1 aromatic rings. The van der Waals surface area contributed by atoms with E-state index in [9.17, 15) is 13.2 Å². The number of methoxy groups -OCH3 is 1. The number of nitrogens with one attached hydrogen (secondary N) is 1. The predicted molar refractivity (Wildman–Crippen MR) is 98.7 cm³/mol. The third-order valence-corrected chi connectivity index (χ3v) is 7.50. The number of carbonyl (C=O) groups is 1. The average Bonchev–Trinajstić information content (AvgIpc) is 2.80. The SMILES string of the molecule is COc1ccc(C)cc1S(=O)(=O)N1CCN(C)[C@@]2(CCNC(=O)CC2)C1. The molecule has 0 aliphatic carbocycles.